The van der Waals surface area contributed by atoms with Crippen LogP contribution in [0.25, 0.3) is 0 Å². The predicted molar refractivity (Wildman–Crippen MR) is 124 cm³/mol. The monoisotopic (exact) mass is 479 g/mol. The zero-order valence-electron chi connectivity index (χ0n) is 17.8. The normalized spacial score (nSPS) is 14.7. The number of carbonyl (C=O) groups excluding carboxylic acids is 2. The van der Waals surface area contributed by atoms with Gasteiger partial charge in [0.15, 0.2) is 5.13 Å². The van der Waals surface area contributed by atoms with Crippen LogP contribution in [0.2, 0.25) is 0 Å². The third-order valence-electron chi connectivity index (χ3n) is 5.31. The number of thiazole rings is 1. The fourth-order valence-corrected chi connectivity index (χ4v) is 4.82. The van der Waals surface area contributed by atoms with Gasteiger partial charge in [-0.25, -0.2) is 23.3 Å². The van der Waals surface area contributed by atoms with Crippen LogP contribution < -0.4 is 21.1 Å². The maximum Gasteiger partial charge on any atom is 0.321 e. The molecule has 1 aliphatic carbocycles. The van der Waals surface area contributed by atoms with E-state index in [0.29, 0.717) is 30.9 Å². The van der Waals surface area contributed by atoms with Crippen molar-refractivity contribution in [2.45, 2.75) is 62.3 Å². The highest BCUT2D eigenvalue weighted by Gasteiger charge is 2.16. The number of carbonyl (C=O) groups is 2. The largest absolute Gasteiger partial charge is 0.356 e. The summed E-state index contributed by atoms with van der Waals surface area (Å²) in [4.78, 5) is 28.6. The minimum absolute atomic E-state index is 0.0638. The second-order valence-electron chi connectivity index (χ2n) is 7.87. The van der Waals surface area contributed by atoms with Gasteiger partial charge in [0.25, 0.3) is 0 Å². The van der Waals surface area contributed by atoms with Crippen LogP contribution in [0.5, 0.6) is 0 Å². The van der Waals surface area contributed by atoms with Gasteiger partial charge in [0.05, 0.1) is 10.6 Å². The van der Waals surface area contributed by atoms with Gasteiger partial charge >= 0.3 is 6.03 Å². The molecule has 32 heavy (non-hydrogen) atoms. The van der Waals surface area contributed by atoms with E-state index in [1.807, 2.05) is 5.38 Å². The topological polar surface area (TPSA) is 143 Å². The fourth-order valence-electron chi connectivity index (χ4n) is 3.57. The number of primary sulfonamides is 1. The number of anilines is 1. The number of benzene rings is 1. The fraction of sp³-hybridized carbons (Fsp3) is 0.476. The number of urea groups is 1. The Morgan fingerprint density at radius 3 is 2.50 bits per heavy atom. The molecular weight excluding hydrogens is 450 g/mol. The smallest absolute Gasteiger partial charge is 0.321 e. The van der Waals surface area contributed by atoms with Crippen LogP contribution in [0.4, 0.5) is 9.93 Å². The lowest BCUT2D eigenvalue weighted by Gasteiger charge is -2.22. The number of rotatable bonds is 9. The molecule has 9 nitrogen and oxygen atoms in total. The number of nitrogens with one attached hydrogen (secondary N) is 3. The van der Waals surface area contributed by atoms with Crippen molar-refractivity contribution >= 4 is 38.4 Å². The van der Waals surface area contributed by atoms with E-state index < -0.39 is 10.0 Å². The molecule has 11 heteroatoms. The quantitative estimate of drug-likeness (QED) is 0.437. The van der Waals surface area contributed by atoms with E-state index in [0.717, 1.165) is 36.9 Å². The molecule has 3 rings (SSSR count). The van der Waals surface area contributed by atoms with E-state index in [2.05, 4.69) is 20.9 Å². The lowest BCUT2D eigenvalue weighted by molar-refractivity contribution is -0.121. The van der Waals surface area contributed by atoms with Gasteiger partial charge in [-0.05, 0) is 43.4 Å². The van der Waals surface area contributed by atoms with Crippen molar-refractivity contribution in [1.82, 2.24) is 15.6 Å². The number of sulfonamides is 1. The zero-order chi connectivity index (χ0) is 23.0. The number of nitrogens with two attached hydrogens (primary N) is 1. The Kier molecular flexibility index (Phi) is 8.60. The molecule has 1 saturated carbocycles. The number of aryl methyl sites for hydroxylation is 1. The molecule has 1 aromatic carbocycles. The highest BCUT2D eigenvalue weighted by molar-refractivity contribution is 7.89. The zero-order valence-corrected chi connectivity index (χ0v) is 19.4. The van der Waals surface area contributed by atoms with Crippen molar-refractivity contribution in [3.05, 3.63) is 40.9 Å². The molecule has 1 aliphatic rings. The molecule has 3 amide bonds. The first-order valence-corrected chi connectivity index (χ1v) is 13.1. The Labute approximate surface area is 192 Å². The Balaban J connectivity index is 1.34. The first kappa shape index (κ1) is 24.1. The van der Waals surface area contributed by atoms with Crippen molar-refractivity contribution in [1.29, 1.82) is 0 Å². The highest BCUT2D eigenvalue weighted by atomic mass is 32.2. The van der Waals surface area contributed by atoms with Gasteiger partial charge in [0, 0.05) is 24.4 Å². The number of nitrogens with zero attached hydrogens (tertiary/aromatic N) is 1. The predicted octanol–water partition coefficient (Wildman–Crippen LogP) is 2.54. The van der Waals surface area contributed by atoms with Gasteiger partial charge in [-0.1, -0.05) is 31.4 Å². The van der Waals surface area contributed by atoms with Gasteiger partial charge in [-0.15, -0.1) is 11.3 Å². The summed E-state index contributed by atoms with van der Waals surface area (Å²) in [7, 11) is -3.70. The summed E-state index contributed by atoms with van der Waals surface area (Å²) in [5, 5.41) is 16.1. The van der Waals surface area contributed by atoms with E-state index in [1.165, 1.54) is 29.9 Å². The van der Waals surface area contributed by atoms with Crippen molar-refractivity contribution < 1.29 is 18.0 Å². The van der Waals surface area contributed by atoms with Gasteiger partial charge < -0.3 is 10.6 Å². The third-order valence-corrected chi connectivity index (χ3v) is 7.04. The van der Waals surface area contributed by atoms with Crippen molar-refractivity contribution in [3.8, 4) is 0 Å². The van der Waals surface area contributed by atoms with E-state index in [9.17, 15) is 18.0 Å². The minimum Gasteiger partial charge on any atom is -0.356 e. The SMILES string of the molecule is NS(=O)(=O)c1ccc(CCNC(=O)CCc2csc(NC(=O)NC3CCCCC3)n2)cc1. The van der Waals surface area contributed by atoms with Crippen LogP contribution in [0.15, 0.2) is 34.5 Å². The highest BCUT2D eigenvalue weighted by Crippen LogP contribution is 2.19. The Morgan fingerprint density at radius 2 is 1.81 bits per heavy atom. The molecule has 0 bridgehead atoms. The third kappa shape index (κ3) is 7.88. The van der Waals surface area contributed by atoms with Crippen LogP contribution in [-0.4, -0.2) is 37.9 Å². The molecular formula is C21H29N5O4S2. The number of aromatic nitrogens is 1. The summed E-state index contributed by atoms with van der Waals surface area (Å²) in [5.74, 6) is -0.0938. The average molecular weight is 480 g/mol. The molecule has 0 aliphatic heterocycles. The minimum atomic E-state index is -3.70. The molecule has 0 radical (unpaired) electrons. The summed E-state index contributed by atoms with van der Waals surface area (Å²) < 4.78 is 22.5. The van der Waals surface area contributed by atoms with E-state index in [1.54, 1.807) is 12.1 Å². The Bertz CT molecular complexity index is 1020. The molecule has 1 aromatic heterocycles. The van der Waals surface area contributed by atoms with Crippen molar-refractivity contribution in [3.63, 3.8) is 0 Å². The van der Waals surface area contributed by atoms with E-state index in [-0.39, 0.29) is 22.9 Å². The number of hydrogen-bond acceptors (Lipinski definition) is 6. The molecule has 1 fully saturated rings. The summed E-state index contributed by atoms with van der Waals surface area (Å²) in [6, 6.07) is 6.28. The summed E-state index contributed by atoms with van der Waals surface area (Å²) in [6.45, 7) is 0.443. The second kappa shape index (κ2) is 11.4. The molecule has 2 aromatic rings. The van der Waals surface area contributed by atoms with Crippen LogP contribution in [0.3, 0.4) is 0 Å². The van der Waals surface area contributed by atoms with Crippen molar-refractivity contribution in [2.75, 3.05) is 11.9 Å². The van der Waals surface area contributed by atoms with Crippen LogP contribution >= 0.6 is 11.3 Å². The molecule has 174 valence electrons. The molecule has 0 spiro atoms. The van der Waals surface area contributed by atoms with Crippen LogP contribution in [0, 0.1) is 0 Å². The average Bonchev–Trinajstić information content (AvgIpc) is 3.20. The summed E-state index contributed by atoms with van der Waals surface area (Å²) in [5.41, 5.74) is 1.66. The van der Waals surface area contributed by atoms with E-state index in [4.69, 9.17) is 5.14 Å². The van der Waals surface area contributed by atoms with Gasteiger partial charge in [-0.2, -0.15) is 0 Å². The van der Waals surface area contributed by atoms with Gasteiger partial charge in [0.2, 0.25) is 15.9 Å². The molecule has 0 unspecified atom stereocenters. The summed E-state index contributed by atoms with van der Waals surface area (Å²) >= 11 is 1.34. The first-order valence-electron chi connectivity index (χ1n) is 10.7. The maximum absolute atomic E-state index is 12.1. The summed E-state index contributed by atoms with van der Waals surface area (Å²) in [6.07, 6.45) is 6.94. The van der Waals surface area contributed by atoms with Crippen LogP contribution in [-0.2, 0) is 27.7 Å². The first-order chi connectivity index (χ1) is 15.3. The number of amides is 3. The van der Waals surface area contributed by atoms with Gasteiger partial charge in [0.1, 0.15) is 0 Å². The molecule has 0 saturated heterocycles. The Hall–Kier alpha value is -2.50. The number of hydrogen-bond donors (Lipinski definition) is 4. The standard InChI is InChI=1S/C21H29N5O4S2/c22-32(29,30)18-9-6-15(7-10-18)12-13-23-19(27)11-8-17-14-31-21(25-17)26-20(28)24-16-4-2-1-3-5-16/h6-7,9-10,14,16H,1-5,8,11-13H2,(H,23,27)(H2,22,29,30)(H2,24,25,26,28). The maximum atomic E-state index is 12.1. The lowest BCUT2D eigenvalue weighted by atomic mass is 9.96. The van der Waals surface area contributed by atoms with E-state index >= 15 is 0 Å². The Morgan fingerprint density at radius 1 is 1.09 bits per heavy atom. The molecule has 5 N–H and O–H groups in total. The molecule has 1 heterocycles. The van der Waals surface area contributed by atoms with Crippen LogP contribution in [0.1, 0.15) is 49.8 Å². The van der Waals surface area contributed by atoms with Crippen molar-refractivity contribution in [2.24, 2.45) is 5.14 Å². The second-order valence-corrected chi connectivity index (χ2v) is 10.3. The lowest BCUT2D eigenvalue weighted by Crippen LogP contribution is -2.39. The van der Waals surface area contributed by atoms with Gasteiger partial charge in [-0.3, -0.25) is 10.1 Å². The molecule has 0 atom stereocenters.